The van der Waals surface area contributed by atoms with Gasteiger partial charge in [0.25, 0.3) is 0 Å². The number of rotatable bonds is 4. The Labute approximate surface area is 133 Å². The van der Waals surface area contributed by atoms with Crippen molar-refractivity contribution in [3.63, 3.8) is 0 Å². The van der Waals surface area contributed by atoms with E-state index in [1.165, 1.54) is 12.8 Å². The molecule has 5 heteroatoms. The number of nitrogens with zero attached hydrogens (tertiary/aromatic N) is 4. The van der Waals surface area contributed by atoms with E-state index in [4.69, 9.17) is 4.98 Å². The van der Waals surface area contributed by atoms with Gasteiger partial charge in [0.15, 0.2) is 0 Å². The summed E-state index contributed by atoms with van der Waals surface area (Å²) in [4.78, 5) is 19.1. The molecule has 1 saturated carbocycles. The molecule has 3 aromatic heterocycles. The third-order valence-corrected chi connectivity index (χ3v) is 5.04. The molecule has 110 valence electrons. The van der Waals surface area contributed by atoms with Crippen LogP contribution in [0, 0.1) is 12.8 Å². The lowest BCUT2D eigenvalue weighted by molar-refractivity contribution is 0.771. The Morgan fingerprint density at radius 1 is 1.18 bits per heavy atom. The van der Waals surface area contributed by atoms with Gasteiger partial charge < -0.3 is 0 Å². The maximum absolute atomic E-state index is 4.73. The van der Waals surface area contributed by atoms with Crippen LogP contribution in [-0.4, -0.2) is 19.9 Å². The zero-order valence-electron chi connectivity index (χ0n) is 12.4. The standard InChI is InChI=1S/C17H16N4S/c1-11-16(22-17(20-11)13-3-2-7-18-10-13)14-6-8-19-15(21-14)9-12-4-5-12/h2-3,6-8,10,12H,4-5,9H2,1H3. The van der Waals surface area contributed by atoms with E-state index in [-0.39, 0.29) is 0 Å². The first-order valence-electron chi connectivity index (χ1n) is 7.50. The molecule has 3 heterocycles. The monoisotopic (exact) mass is 308 g/mol. The van der Waals surface area contributed by atoms with Crippen LogP contribution in [-0.2, 0) is 6.42 Å². The van der Waals surface area contributed by atoms with Gasteiger partial charge in [0.05, 0.1) is 16.3 Å². The van der Waals surface area contributed by atoms with Crippen molar-refractivity contribution in [1.82, 2.24) is 19.9 Å². The summed E-state index contributed by atoms with van der Waals surface area (Å²) in [5.41, 5.74) is 3.05. The minimum Gasteiger partial charge on any atom is -0.264 e. The molecule has 4 rings (SSSR count). The molecule has 1 fully saturated rings. The third kappa shape index (κ3) is 2.76. The summed E-state index contributed by atoms with van der Waals surface area (Å²) in [5, 5.41) is 0.989. The molecule has 0 N–H and O–H groups in total. The van der Waals surface area contributed by atoms with Crippen LogP contribution in [0.5, 0.6) is 0 Å². The highest BCUT2D eigenvalue weighted by molar-refractivity contribution is 7.18. The number of hydrogen-bond acceptors (Lipinski definition) is 5. The molecule has 4 nitrogen and oxygen atoms in total. The summed E-state index contributed by atoms with van der Waals surface area (Å²) in [6, 6.07) is 5.95. The normalized spacial score (nSPS) is 14.2. The first-order valence-corrected chi connectivity index (χ1v) is 8.31. The van der Waals surface area contributed by atoms with E-state index < -0.39 is 0 Å². The van der Waals surface area contributed by atoms with Crippen molar-refractivity contribution in [1.29, 1.82) is 0 Å². The zero-order chi connectivity index (χ0) is 14.9. The Kier molecular flexibility index (Phi) is 3.42. The van der Waals surface area contributed by atoms with Crippen LogP contribution in [0.3, 0.4) is 0 Å². The molecule has 0 atom stereocenters. The van der Waals surface area contributed by atoms with Gasteiger partial charge in [-0.15, -0.1) is 11.3 Å². The van der Waals surface area contributed by atoms with Crippen molar-refractivity contribution in [2.24, 2.45) is 5.92 Å². The topological polar surface area (TPSA) is 51.6 Å². The molecular formula is C17H16N4S. The van der Waals surface area contributed by atoms with Crippen molar-refractivity contribution < 1.29 is 0 Å². The molecule has 0 aromatic carbocycles. The molecule has 0 amide bonds. The van der Waals surface area contributed by atoms with E-state index in [1.807, 2.05) is 37.5 Å². The second kappa shape index (κ2) is 5.57. The van der Waals surface area contributed by atoms with E-state index in [9.17, 15) is 0 Å². The fourth-order valence-corrected chi connectivity index (χ4v) is 3.48. The fraction of sp³-hybridized carbons (Fsp3) is 0.294. The van der Waals surface area contributed by atoms with Crippen molar-refractivity contribution >= 4 is 11.3 Å². The second-order valence-electron chi connectivity index (χ2n) is 5.68. The smallest absolute Gasteiger partial charge is 0.129 e. The van der Waals surface area contributed by atoms with Crippen molar-refractivity contribution in [2.45, 2.75) is 26.2 Å². The highest BCUT2D eigenvalue weighted by Gasteiger charge is 2.23. The van der Waals surface area contributed by atoms with Gasteiger partial charge in [-0.3, -0.25) is 4.98 Å². The largest absolute Gasteiger partial charge is 0.264 e. The summed E-state index contributed by atoms with van der Waals surface area (Å²) in [7, 11) is 0. The predicted molar refractivity (Wildman–Crippen MR) is 87.5 cm³/mol. The molecule has 0 spiro atoms. The lowest BCUT2D eigenvalue weighted by Crippen LogP contribution is -1.97. The van der Waals surface area contributed by atoms with E-state index in [1.54, 1.807) is 17.5 Å². The first-order chi connectivity index (χ1) is 10.8. The SMILES string of the molecule is Cc1nc(-c2cccnc2)sc1-c1ccnc(CC2CC2)n1. The van der Waals surface area contributed by atoms with Gasteiger partial charge in [0, 0.05) is 30.6 Å². The number of pyridine rings is 1. The number of thiazole rings is 1. The first kappa shape index (κ1) is 13.5. The number of hydrogen-bond donors (Lipinski definition) is 0. The summed E-state index contributed by atoms with van der Waals surface area (Å²) in [6.45, 7) is 2.04. The summed E-state index contributed by atoms with van der Waals surface area (Å²) >= 11 is 1.67. The minimum absolute atomic E-state index is 0.795. The van der Waals surface area contributed by atoms with Gasteiger partial charge in [-0.25, -0.2) is 15.0 Å². The number of aryl methyl sites for hydroxylation is 1. The van der Waals surface area contributed by atoms with Crippen molar-refractivity contribution in [2.75, 3.05) is 0 Å². The molecule has 0 aliphatic heterocycles. The van der Waals surface area contributed by atoms with Crippen molar-refractivity contribution in [3.05, 3.63) is 48.3 Å². The molecule has 0 radical (unpaired) electrons. The van der Waals surface area contributed by atoms with E-state index in [0.717, 1.165) is 45.0 Å². The lowest BCUT2D eigenvalue weighted by Gasteiger charge is -2.01. The van der Waals surface area contributed by atoms with Gasteiger partial charge in [0.2, 0.25) is 0 Å². The summed E-state index contributed by atoms with van der Waals surface area (Å²) < 4.78 is 0. The number of aromatic nitrogens is 4. The van der Waals surface area contributed by atoms with Gasteiger partial charge in [-0.1, -0.05) is 0 Å². The van der Waals surface area contributed by atoms with Crippen LogP contribution in [0.25, 0.3) is 21.1 Å². The highest BCUT2D eigenvalue weighted by atomic mass is 32.1. The Bertz CT molecular complexity index is 793. The minimum atomic E-state index is 0.795. The van der Waals surface area contributed by atoms with E-state index >= 15 is 0 Å². The maximum Gasteiger partial charge on any atom is 0.129 e. The summed E-state index contributed by atoms with van der Waals surface area (Å²) in [5.74, 6) is 1.75. The second-order valence-corrected chi connectivity index (χ2v) is 6.68. The summed E-state index contributed by atoms with van der Waals surface area (Å²) in [6.07, 6.45) is 9.13. The predicted octanol–water partition coefficient (Wildman–Crippen LogP) is 3.92. The van der Waals surface area contributed by atoms with Gasteiger partial charge >= 0.3 is 0 Å². The van der Waals surface area contributed by atoms with Gasteiger partial charge in [-0.05, 0) is 43.9 Å². The van der Waals surface area contributed by atoms with E-state index in [0.29, 0.717) is 0 Å². The molecule has 22 heavy (non-hydrogen) atoms. The lowest BCUT2D eigenvalue weighted by atomic mass is 10.2. The molecule has 0 unspecified atom stereocenters. The van der Waals surface area contributed by atoms with Crippen LogP contribution in [0.1, 0.15) is 24.4 Å². The Hall–Kier alpha value is -2.14. The Morgan fingerprint density at radius 3 is 2.86 bits per heavy atom. The molecule has 1 aliphatic carbocycles. The molecule has 3 aromatic rings. The van der Waals surface area contributed by atoms with Gasteiger partial charge in [-0.2, -0.15) is 0 Å². The molecule has 0 bridgehead atoms. The Morgan fingerprint density at radius 2 is 2.09 bits per heavy atom. The zero-order valence-corrected chi connectivity index (χ0v) is 13.2. The highest BCUT2D eigenvalue weighted by Crippen LogP contribution is 2.35. The van der Waals surface area contributed by atoms with Crippen LogP contribution in [0.15, 0.2) is 36.8 Å². The molecule has 0 saturated heterocycles. The molecule has 1 aliphatic rings. The van der Waals surface area contributed by atoms with Crippen LogP contribution >= 0.6 is 11.3 Å². The van der Waals surface area contributed by atoms with Crippen LogP contribution in [0.2, 0.25) is 0 Å². The quantitative estimate of drug-likeness (QED) is 0.733. The van der Waals surface area contributed by atoms with Crippen LogP contribution < -0.4 is 0 Å². The van der Waals surface area contributed by atoms with Gasteiger partial charge in [0.1, 0.15) is 10.8 Å². The van der Waals surface area contributed by atoms with Crippen LogP contribution in [0.4, 0.5) is 0 Å². The average molecular weight is 308 g/mol. The third-order valence-electron chi connectivity index (χ3n) is 3.81. The van der Waals surface area contributed by atoms with E-state index in [2.05, 4.69) is 15.0 Å². The average Bonchev–Trinajstić information content (AvgIpc) is 3.28. The fourth-order valence-electron chi connectivity index (χ4n) is 2.45. The Balaban J connectivity index is 1.69. The van der Waals surface area contributed by atoms with Crippen molar-refractivity contribution in [3.8, 4) is 21.1 Å². The maximum atomic E-state index is 4.73. The molecular weight excluding hydrogens is 292 g/mol.